The highest BCUT2D eigenvalue weighted by molar-refractivity contribution is 9.10. The first-order valence-corrected chi connectivity index (χ1v) is 6.24. The molecule has 0 saturated carbocycles. The zero-order valence-electron chi connectivity index (χ0n) is 9.61. The molecule has 0 amide bonds. The predicted octanol–water partition coefficient (Wildman–Crippen LogP) is 3.96. The second-order valence-corrected chi connectivity index (χ2v) is 4.65. The fraction of sp³-hybridized carbons (Fsp3) is 0.143. The average Bonchev–Trinajstić information content (AvgIpc) is 2.35. The zero-order chi connectivity index (χ0) is 12.1. The molecule has 2 nitrogen and oxygen atoms in total. The Morgan fingerprint density at radius 2 is 1.47 bits per heavy atom. The summed E-state index contributed by atoms with van der Waals surface area (Å²) in [5.74, 6) is 1.70. The Kier molecular flexibility index (Phi) is 4.18. The summed E-state index contributed by atoms with van der Waals surface area (Å²) in [6.07, 6.45) is 0. The molecule has 2 aromatic carbocycles. The van der Waals surface area contributed by atoms with E-state index in [1.165, 1.54) is 5.56 Å². The van der Waals surface area contributed by atoms with Gasteiger partial charge in [0.05, 0.1) is 0 Å². The highest BCUT2D eigenvalue weighted by Gasteiger charge is 1.97. The van der Waals surface area contributed by atoms with Crippen LogP contribution >= 0.6 is 15.9 Å². The minimum atomic E-state index is 0.842. The molecule has 0 heterocycles. The number of ether oxygens (including phenoxy) is 1. The molecule has 0 bridgehead atoms. The van der Waals surface area contributed by atoms with Gasteiger partial charge >= 0.3 is 0 Å². The van der Waals surface area contributed by atoms with Gasteiger partial charge in [-0.15, -0.1) is 0 Å². The van der Waals surface area contributed by atoms with Crippen LogP contribution < -0.4 is 10.1 Å². The van der Waals surface area contributed by atoms with Gasteiger partial charge in [-0.3, -0.25) is 0 Å². The molecule has 0 aliphatic heterocycles. The summed E-state index contributed by atoms with van der Waals surface area (Å²) in [5.41, 5.74) is 1.25. The van der Waals surface area contributed by atoms with Gasteiger partial charge in [0.1, 0.15) is 11.5 Å². The summed E-state index contributed by atoms with van der Waals surface area (Å²) in [6, 6.07) is 15.9. The zero-order valence-corrected chi connectivity index (χ0v) is 11.2. The third-order valence-electron chi connectivity index (χ3n) is 2.35. The molecule has 0 aromatic heterocycles. The number of benzene rings is 2. The monoisotopic (exact) mass is 291 g/mol. The van der Waals surface area contributed by atoms with Crippen LogP contribution in [0.15, 0.2) is 53.0 Å². The van der Waals surface area contributed by atoms with Crippen molar-refractivity contribution in [3.63, 3.8) is 0 Å². The van der Waals surface area contributed by atoms with Crippen LogP contribution in [-0.4, -0.2) is 7.05 Å². The molecule has 0 radical (unpaired) electrons. The van der Waals surface area contributed by atoms with Crippen molar-refractivity contribution < 1.29 is 4.74 Å². The summed E-state index contributed by atoms with van der Waals surface area (Å²) in [4.78, 5) is 0. The lowest BCUT2D eigenvalue weighted by molar-refractivity contribution is 0.482. The molecule has 0 spiro atoms. The summed E-state index contributed by atoms with van der Waals surface area (Å²) < 4.78 is 6.78. The quantitative estimate of drug-likeness (QED) is 0.921. The second-order valence-electron chi connectivity index (χ2n) is 3.73. The van der Waals surface area contributed by atoms with Crippen LogP contribution in [0, 0.1) is 0 Å². The molecule has 0 fully saturated rings. The first-order chi connectivity index (χ1) is 8.28. The van der Waals surface area contributed by atoms with Gasteiger partial charge in [-0.2, -0.15) is 0 Å². The van der Waals surface area contributed by atoms with Crippen LogP contribution in [0.5, 0.6) is 11.5 Å². The molecule has 1 N–H and O–H groups in total. The van der Waals surface area contributed by atoms with Crippen LogP contribution in [0.3, 0.4) is 0 Å². The minimum Gasteiger partial charge on any atom is -0.457 e. The van der Waals surface area contributed by atoms with Crippen LogP contribution in [0.2, 0.25) is 0 Å². The molecule has 3 heteroatoms. The van der Waals surface area contributed by atoms with Gasteiger partial charge in [-0.25, -0.2) is 0 Å². The van der Waals surface area contributed by atoms with Gasteiger partial charge < -0.3 is 10.1 Å². The Balaban J connectivity index is 2.05. The highest BCUT2D eigenvalue weighted by atomic mass is 79.9. The molecule has 88 valence electrons. The fourth-order valence-corrected chi connectivity index (χ4v) is 1.78. The molecule has 0 aliphatic rings. The Labute approximate surface area is 110 Å². The van der Waals surface area contributed by atoms with Gasteiger partial charge in [0.25, 0.3) is 0 Å². The van der Waals surface area contributed by atoms with Crippen LogP contribution in [-0.2, 0) is 6.54 Å². The van der Waals surface area contributed by atoms with Crippen LogP contribution in [0.25, 0.3) is 0 Å². The third kappa shape index (κ3) is 3.58. The second kappa shape index (κ2) is 5.84. The van der Waals surface area contributed by atoms with Crippen LogP contribution in [0.1, 0.15) is 5.56 Å². The van der Waals surface area contributed by atoms with Crippen molar-refractivity contribution in [1.82, 2.24) is 5.32 Å². The lowest BCUT2D eigenvalue weighted by Crippen LogP contribution is -2.04. The van der Waals surface area contributed by atoms with Gasteiger partial charge in [-0.05, 0) is 49.0 Å². The summed E-state index contributed by atoms with van der Waals surface area (Å²) in [7, 11) is 1.94. The number of hydrogen-bond acceptors (Lipinski definition) is 2. The Hall–Kier alpha value is -1.32. The van der Waals surface area contributed by atoms with E-state index in [0.717, 1.165) is 22.5 Å². The lowest BCUT2D eigenvalue weighted by atomic mass is 10.2. The van der Waals surface area contributed by atoms with Crippen molar-refractivity contribution in [3.8, 4) is 11.5 Å². The summed E-state index contributed by atoms with van der Waals surface area (Å²) in [6.45, 7) is 0.874. The number of nitrogens with one attached hydrogen (secondary N) is 1. The smallest absolute Gasteiger partial charge is 0.127 e. The van der Waals surface area contributed by atoms with E-state index in [2.05, 4.69) is 33.4 Å². The maximum Gasteiger partial charge on any atom is 0.127 e. The van der Waals surface area contributed by atoms with Gasteiger partial charge in [0, 0.05) is 11.0 Å². The van der Waals surface area contributed by atoms with E-state index >= 15 is 0 Å². The van der Waals surface area contributed by atoms with E-state index in [9.17, 15) is 0 Å². The molecule has 0 saturated heterocycles. The Bertz CT molecular complexity index is 465. The summed E-state index contributed by atoms with van der Waals surface area (Å²) >= 11 is 3.40. The molecule has 0 aliphatic carbocycles. The number of rotatable bonds is 4. The molecule has 0 unspecified atom stereocenters. The topological polar surface area (TPSA) is 21.3 Å². The minimum absolute atomic E-state index is 0.842. The van der Waals surface area contributed by atoms with Gasteiger partial charge in [0.15, 0.2) is 0 Å². The number of halogens is 1. The average molecular weight is 292 g/mol. The van der Waals surface area contributed by atoms with Crippen molar-refractivity contribution in [2.24, 2.45) is 0 Å². The maximum atomic E-state index is 5.73. The van der Waals surface area contributed by atoms with Crippen molar-refractivity contribution >= 4 is 15.9 Å². The standard InChI is InChI=1S/C14H14BrNO/c1-16-10-11-2-6-13(7-3-11)17-14-8-4-12(15)5-9-14/h2-9,16H,10H2,1H3. The van der Waals surface area contributed by atoms with E-state index in [0.29, 0.717) is 0 Å². The highest BCUT2D eigenvalue weighted by Crippen LogP contribution is 2.23. The largest absolute Gasteiger partial charge is 0.457 e. The molecule has 0 atom stereocenters. The fourth-order valence-electron chi connectivity index (χ4n) is 1.52. The van der Waals surface area contributed by atoms with E-state index in [-0.39, 0.29) is 0 Å². The summed E-state index contributed by atoms with van der Waals surface area (Å²) in [5, 5.41) is 3.11. The SMILES string of the molecule is CNCc1ccc(Oc2ccc(Br)cc2)cc1. The predicted molar refractivity (Wildman–Crippen MR) is 73.4 cm³/mol. The van der Waals surface area contributed by atoms with Crippen LogP contribution in [0.4, 0.5) is 0 Å². The van der Waals surface area contributed by atoms with Crippen molar-refractivity contribution in [2.75, 3.05) is 7.05 Å². The maximum absolute atomic E-state index is 5.73. The van der Waals surface area contributed by atoms with Crippen molar-refractivity contribution in [1.29, 1.82) is 0 Å². The molecular weight excluding hydrogens is 278 g/mol. The van der Waals surface area contributed by atoms with E-state index in [1.54, 1.807) is 0 Å². The Morgan fingerprint density at radius 1 is 0.941 bits per heavy atom. The normalized spacial score (nSPS) is 10.2. The first kappa shape index (κ1) is 12.1. The van der Waals surface area contributed by atoms with Gasteiger partial charge in [0.2, 0.25) is 0 Å². The number of hydrogen-bond donors (Lipinski definition) is 1. The molecule has 17 heavy (non-hydrogen) atoms. The first-order valence-electron chi connectivity index (χ1n) is 5.45. The Morgan fingerprint density at radius 3 is 2.00 bits per heavy atom. The lowest BCUT2D eigenvalue weighted by Gasteiger charge is -2.06. The molecular formula is C14H14BrNO. The van der Waals surface area contributed by atoms with Crippen molar-refractivity contribution in [2.45, 2.75) is 6.54 Å². The van der Waals surface area contributed by atoms with Gasteiger partial charge in [-0.1, -0.05) is 28.1 Å². The van der Waals surface area contributed by atoms with E-state index in [4.69, 9.17) is 4.74 Å². The van der Waals surface area contributed by atoms with Crippen molar-refractivity contribution in [3.05, 3.63) is 58.6 Å². The third-order valence-corrected chi connectivity index (χ3v) is 2.88. The molecule has 2 aromatic rings. The molecule has 2 rings (SSSR count). The van der Waals surface area contributed by atoms with E-state index in [1.807, 2.05) is 43.4 Å². The van der Waals surface area contributed by atoms with E-state index < -0.39 is 0 Å².